The molecular weight excluding hydrogens is 386 g/mol. The molecule has 0 aliphatic carbocycles. The van der Waals surface area contributed by atoms with Gasteiger partial charge in [-0.3, -0.25) is 14.9 Å². The number of amides is 3. The largest absolute Gasteiger partial charge is 0.477 e. The molecule has 8 heteroatoms. The van der Waals surface area contributed by atoms with Crippen LogP contribution in [-0.2, 0) is 9.53 Å². The Labute approximate surface area is 175 Å². The zero-order valence-corrected chi connectivity index (χ0v) is 17.4. The molecule has 0 saturated heterocycles. The Balaban J connectivity index is 1.85. The van der Waals surface area contributed by atoms with Gasteiger partial charge in [0.2, 0.25) is 0 Å². The van der Waals surface area contributed by atoms with Crippen LogP contribution >= 0.6 is 0 Å². The fourth-order valence-corrected chi connectivity index (χ4v) is 3.03. The molecular formula is C22H25N3O5. The lowest BCUT2D eigenvalue weighted by Crippen LogP contribution is -2.50. The SMILES string of the molecule is CNC(=O)[C@@H]1CN(C(=O)c2cccc(NC(=O)OC(C)(C)C)c2)c2ccccc2O1. The average Bonchev–Trinajstić information content (AvgIpc) is 2.70. The van der Waals surface area contributed by atoms with E-state index in [9.17, 15) is 14.4 Å². The summed E-state index contributed by atoms with van der Waals surface area (Å²) in [4.78, 5) is 39.0. The summed E-state index contributed by atoms with van der Waals surface area (Å²) in [5.41, 5.74) is 0.729. The van der Waals surface area contributed by atoms with Crippen LogP contribution in [0.1, 0.15) is 31.1 Å². The summed E-state index contributed by atoms with van der Waals surface area (Å²) >= 11 is 0. The van der Waals surface area contributed by atoms with Crippen LogP contribution in [0.3, 0.4) is 0 Å². The molecule has 0 unspecified atom stereocenters. The van der Waals surface area contributed by atoms with E-state index >= 15 is 0 Å². The van der Waals surface area contributed by atoms with Crippen molar-refractivity contribution < 1.29 is 23.9 Å². The first kappa shape index (κ1) is 21.2. The van der Waals surface area contributed by atoms with Gasteiger partial charge in [-0.25, -0.2) is 4.79 Å². The molecule has 1 aliphatic heterocycles. The van der Waals surface area contributed by atoms with Crippen molar-refractivity contribution in [3.63, 3.8) is 0 Å². The van der Waals surface area contributed by atoms with Crippen LogP contribution in [-0.4, -0.2) is 43.2 Å². The molecule has 2 N–H and O–H groups in total. The molecule has 1 atom stereocenters. The Kier molecular flexibility index (Phi) is 5.96. The van der Waals surface area contributed by atoms with Crippen molar-refractivity contribution in [2.45, 2.75) is 32.5 Å². The van der Waals surface area contributed by atoms with Gasteiger partial charge in [0.05, 0.1) is 12.2 Å². The number of likely N-dealkylation sites (N-methyl/N-ethyl adjacent to an activating group) is 1. The average molecular weight is 411 g/mol. The molecule has 158 valence electrons. The van der Waals surface area contributed by atoms with Gasteiger partial charge in [0.15, 0.2) is 6.10 Å². The van der Waals surface area contributed by atoms with Crippen LogP contribution in [0.2, 0.25) is 0 Å². The van der Waals surface area contributed by atoms with E-state index in [-0.39, 0.29) is 18.4 Å². The maximum Gasteiger partial charge on any atom is 0.412 e. The second-order valence-electron chi connectivity index (χ2n) is 7.81. The second kappa shape index (κ2) is 8.44. The molecule has 1 heterocycles. The zero-order valence-electron chi connectivity index (χ0n) is 17.4. The van der Waals surface area contributed by atoms with Crippen LogP contribution < -0.4 is 20.3 Å². The van der Waals surface area contributed by atoms with E-state index in [2.05, 4.69) is 10.6 Å². The van der Waals surface area contributed by atoms with Crippen molar-refractivity contribution in [2.75, 3.05) is 23.8 Å². The van der Waals surface area contributed by atoms with Crippen molar-refractivity contribution in [3.8, 4) is 5.75 Å². The molecule has 30 heavy (non-hydrogen) atoms. The summed E-state index contributed by atoms with van der Waals surface area (Å²) < 4.78 is 11.0. The van der Waals surface area contributed by atoms with Crippen LogP contribution in [0.4, 0.5) is 16.2 Å². The molecule has 0 radical (unpaired) electrons. The third-order valence-corrected chi connectivity index (χ3v) is 4.31. The first-order valence-electron chi connectivity index (χ1n) is 9.57. The summed E-state index contributed by atoms with van der Waals surface area (Å²) in [7, 11) is 1.52. The molecule has 0 bridgehead atoms. The fourth-order valence-electron chi connectivity index (χ4n) is 3.03. The van der Waals surface area contributed by atoms with Gasteiger partial charge in [-0.15, -0.1) is 0 Å². The molecule has 0 aromatic heterocycles. The Bertz CT molecular complexity index is 967. The van der Waals surface area contributed by atoms with E-state index in [4.69, 9.17) is 9.47 Å². The summed E-state index contributed by atoms with van der Waals surface area (Å²) in [6.45, 7) is 5.38. The first-order chi connectivity index (χ1) is 14.2. The van der Waals surface area contributed by atoms with E-state index in [1.165, 1.54) is 11.9 Å². The van der Waals surface area contributed by atoms with E-state index in [1.54, 1.807) is 69.3 Å². The molecule has 0 fully saturated rings. The predicted molar refractivity (Wildman–Crippen MR) is 113 cm³/mol. The maximum absolute atomic E-state index is 13.3. The number of nitrogens with one attached hydrogen (secondary N) is 2. The minimum Gasteiger partial charge on any atom is -0.477 e. The number of ether oxygens (including phenoxy) is 2. The Morgan fingerprint density at radius 3 is 2.53 bits per heavy atom. The maximum atomic E-state index is 13.3. The number of hydrogen-bond donors (Lipinski definition) is 2. The highest BCUT2D eigenvalue weighted by Gasteiger charge is 2.33. The van der Waals surface area contributed by atoms with Crippen molar-refractivity contribution in [1.82, 2.24) is 5.32 Å². The van der Waals surface area contributed by atoms with Gasteiger partial charge in [0.1, 0.15) is 11.4 Å². The summed E-state index contributed by atoms with van der Waals surface area (Å²) in [5.74, 6) is -0.177. The number of nitrogens with zero attached hydrogens (tertiary/aromatic N) is 1. The Morgan fingerprint density at radius 2 is 1.83 bits per heavy atom. The van der Waals surface area contributed by atoms with E-state index in [0.29, 0.717) is 22.7 Å². The minimum absolute atomic E-state index is 0.0687. The Hall–Kier alpha value is -3.55. The molecule has 8 nitrogen and oxygen atoms in total. The number of carbonyl (C=O) groups excluding carboxylic acids is 3. The number of para-hydroxylation sites is 2. The highest BCUT2D eigenvalue weighted by atomic mass is 16.6. The van der Waals surface area contributed by atoms with E-state index < -0.39 is 17.8 Å². The number of fused-ring (bicyclic) bond motifs is 1. The van der Waals surface area contributed by atoms with Gasteiger partial charge >= 0.3 is 6.09 Å². The monoisotopic (exact) mass is 411 g/mol. The van der Waals surface area contributed by atoms with Crippen LogP contribution in [0.15, 0.2) is 48.5 Å². The van der Waals surface area contributed by atoms with E-state index in [0.717, 1.165) is 0 Å². The van der Waals surface area contributed by atoms with Crippen molar-refractivity contribution >= 4 is 29.3 Å². The highest BCUT2D eigenvalue weighted by Crippen LogP contribution is 2.34. The normalized spacial score (nSPS) is 15.5. The van der Waals surface area contributed by atoms with Crippen molar-refractivity contribution in [1.29, 1.82) is 0 Å². The molecule has 2 aromatic rings. The first-order valence-corrected chi connectivity index (χ1v) is 9.57. The quantitative estimate of drug-likeness (QED) is 0.809. The third kappa shape index (κ3) is 4.89. The lowest BCUT2D eigenvalue weighted by molar-refractivity contribution is -0.127. The second-order valence-corrected chi connectivity index (χ2v) is 7.81. The minimum atomic E-state index is -0.822. The molecule has 1 aliphatic rings. The number of anilines is 2. The zero-order chi connectivity index (χ0) is 21.9. The summed E-state index contributed by atoms with van der Waals surface area (Å²) in [6, 6.07) is 13.6. The van der Waals surface area contributed by atoms with Gasteiger partial charge < -0.3 is 19.7 Å². The molecule has 0 spiro atoms. The molecule has 0 saturated carbocycles. The lowest BCUT2D eigenvalue weighted by atomic mass is 10.1. The number of hydrogen-bond acceptors (Lipinski definition) is 5. The van der Waals surface area contributed by atoms with Crippen LogP contribution in [0.25, 0.3) is 0 Å². The van der Waals surface area contributed by atoms with Crippen LogP contribution in [0, 0.1) is 0 Å². The van der Waals surface area contributed by atoms with Crippen molar-refractivity contribution in [2.24, 2.45) is 0 Å². The Morgan fingerprint density at radius 1 is 1.10 bits per heavy atom. The summed E-state index contributed by atoms with van der Waals surface area (Å²) in [6.07, 6.45) is -1.43. The van der Waals surface area contributed by atoms with Gasteiger partial charge in [0.25, 0.3) is 11.8 Å². The number of rotatable bonds is 3. The third-order valence-electron chi connectivity index (χ3n) is 4.31. The molecule has 3 amide bonds. The van der Waals surface area contributed by atoms with E-state index in [1.807, 2.05) is 0 Å². The molecule has 2 aromatic carbocycles. The van der Waals surface area contributed by atoms with Gasteiger partial charge in [-0.05, 0) is 51.1 Å². The van der Waals surface area contributed by atoms with Gasteiger partial charge in [-0.2, -0.15) is 0 Å². The van der Waals surface area contributed by atoms with Crippen LogP contribution in [0.5, 0.6) is 5.75 Å². The summed E-state index contributed by atoms with van der Waals surface area (Å²) in [5, 5.41) is 5.18. The van der Waals surface area contributed by atoms with Gasteiger partial charge in [-0.1, -0.05) is 18.2 Å². The highest BCUT2D eigenvalue weighted by molar-refractivity contribution is 6.08. The smallest absolute Gasteiger partial charge is 0.412 e. The number of benzene rings is 2. The molecule has 3 rings (SSSR count). The van der Waals surface area contributed by atoms with Gasteiger partial charge in [0, 0.05) is 18.3 Å². The lowest BCUT2D eigenvalue weighted by Gasteiger charge is -2.34. The number of carbonyl (C=O) groups is 3. The predicted octanol–water partition coefficient (Wildman–Crippen LogP) is 3.19. The topological polar surface area (TPSA) is 97.0 Å². The standard InChI is InChI=1S/C22H25N3O5/c1-22(2,3)30-21(28)24-15-9-7-8-14(12-15)20(27)25-13-18(19(26)23-4)29-17-11-6-5-10-16(17)25/h5-12,18H,13H2,1-4H3,(H,23,26)(H,24,28)/t18-/m0/s1. The van der Waals surface area contributed by atoms with Crippen molar-refractivity contribution in [3.05, 3.63) is 54.1 Å². The fraction of sp³-hybridized carbons (Fsp3) is 0.318.